The number of rotatable bonds is 3. The molecule has 4 bridgehead atoms. The Hall–Kier alpha value is 0.130. The summed E-state index contributed by atoms with van der Waals surface area (Å²) in [5, 5.41) is 3.23. The molecule has 5 heteroatoms. The van der Waals surface area contributed by atoms with Gasteiger partial charge in [0.2, 0.25) is 0 Å². The molecule has 1 heterocycles. The molecule has 1 N–H and O–H groups in total. The van der Waals surface area contributed by atoms with E-state index in [0.29, 0.717) is 5.41 Å². The van der Waals surface area contributed by atoms with Crippen LogP contribution in [0.3, 0.4) is 0 Å². The summed E-state index contributed by atoms with van der Waals surface area (Å²) in [5.41, 5.74) is 0.413. The molecule has 5 rings (SSSR count). The first kappa shape index (κ1) is 14.7. The van der Waals surface area contributed by atoms with Crippen molar-refractivity contribution >= 4 is 49.1 Å². The molecule has 1 amide bonds. The van der Waals surface area contributed by atoms with Crippen molar-refractivity contribution in [3.63, 3.8) is 0 Å². The van der Waals surface area contributed by atoms with Crippen LogP contribution in [0.15, 0.2) is 14.3 Å². The van der Waals surface area contributed by atoms with E-state index in [9.17, 15) is 4.79 Å². The van der Waals surface area contributed by atoms with E-state index in [1.54, 1.807) is 0 Å². The Bertz CT molecular complexity index is 528. The van der Waals surface area contributed by atoms with Crippen LogP contribution < -0.4 is 5.32 Å². The van der Waals surface area contributed by atoms with Crippen molar-refractivity contribution in [2.24, 2.45) is 23.2 Å². The first-order valence-corrected chi connectivity index (χ1v) is 10.2. The van der Waals surface area contributed by atoms with Gasteiger partial charge >= 0.3 is 0 Å². The molecule has 2 nitrogen and oxygen atoms in total. The molecule has 1 aromatic rings. The zero-order valence-electron chi connectivity index (χ0n) is 11.8. The molecule has 4 fully saturated rings. The lowest BCUT2D eigenvalue weighted by molar-refractivity contribution is -0.0503. The van der Waals surface area contributed by atoms with Crippen LogP contribution in [0.1, 0.15) is 48.2 Å². The molecule has 4 aliphatic carbocycles. The highest BCUT2D eigenvalue weighted by Crippen LogP contribution is 2.59. The number of hydrogen-bond acceptors (Lipinski definition) is 2. The van der Waals surface area contributed by atoms with Crippen molar-refractivity contribution in [1.29, 1.82) is 0 Å². The van der Waals surface area contributed by atoms with E-state index in [1.165, 1.54) is 49.9 Å². The fourth-order valence-corrected chi connectivity index (χ4v) is 7.27. The monoisotopic (exact) mass is 431 g/mol. The summed E-state index contributed by atoms with van der Waals surface area (Å²) in [5.74, 6) is 2.91. The highest BCUT2D eigenvalue weighted by Gasteiger charge is 2.50. The van der Waals surface area contributed by atoms with Crippen LogP contribution in [0.5, 0.6) is 0 Å². The van der Waals surface area contributed by atoms with Crippen LogP contribution in [0.4, 0.5) is 0 Å². The molecule has 4 aliphatic rings. The third kappa shape index (κ3) is 2.74. The second-order valence-corrected chi connectivity index (χ2v) is 10.6. The Morgan fingerprint density at radius 1 is 1.19 bits per heavy atom. The van der Waals surface area contributed by atoms with E-state index < -0.39 is 0 Å². The van der Waals surface area contributed by atoms with E-state index in [-0.39, 0.29) is 5.91 Å². The predicted octanol–water partition coefficient (Wildman–Crippen LogP) is 5.22. The van der Waals surface area contributed by atoms with Crippen LogP contribution in [-0.4, -0.2) is 12.5 Å². The van der Waals surface area contributed by atoms with E-state index in [2.05, 4.69) is 37.2 Å². The summed E-state index contributed by atoms with van der Waals surface area (Å²) in [6.45, 7) is 0.877. The average Bonchev–Trinajstić information content (AvgIpc) is 2.75. The number of carbonyl (C=O) groups excluding carboxylic acids is 1. The minimum Gasteiger partial charge on any atom is -0.351 e. The summed E-state index contributed by atoms with van der Waals surface area (Å²) in [7, 11) is 0. The van der Waals surface area contributed by atoms with Crippen LogP contribution in [0, 0.1) is 23.2 Å². The summed E-state index contributed by atoms with van der Waals surface area (Å²) in [4.78, 5) is 13.2. The van der Waals surface area contributed by atoms with Crippen LogP contribution in [-0.2, 0) is 0 Å². The van der Waals surface area contributed by atoms with Crippen molar-refractivity contribution in [2.75, 3.05) is 6.54 Å². The van der Waals surface area contributed by atoms with Gasteiger partial charge in [-0.1, -0.05) is 0 Å². The second kappa shape index (κ2) is 5.34. The Labute approximate surface area is 146 Å². The van der Waals surface area contributed by atoms with Gasteiger partial charge in [-0.05, 0) is 99.6 Å². The average molecular weight is 433 g/mol. The first-order chi connectivity index (χ1) is 10.0. The Balaban J connectivity index is 1.43. The lowest BCUT2D eigenvalue weighted by Gasteiger charge is -2.56. The van der Waals surface area contributed by atoms with Crippen LogP contribution >= 0.6 is 43.2 Å². The topological polar surface area (TPSA) is 29.1 Å². The van der Waals surface area contributed by atoms with E-state index in [4.69, 9.17) is 0 Å². The number of amides is 1. The maximum Gasteiger partial charge on any atom is 0.261 e. The molecule has 0 atom stereocenters. The fraction of sp³-hybridized carbons (Fsp3) is 0.688. The van der Waals surface area contributed by atoms with Gasteiger partial charge in [0.25, 0.3) is 5.91 Å². The quantitative estimate of drug-likeness (QED) is 0.696. The molecule has 0 aliphatic heterocycles. The zero-order chi connectivity index (χ0) is 14.6. The number of halogens is 2. The third-order valence-corrected chi connectivity index (χ3v) is 8.91. The lowest BCUT2D eigenvalue weighted by Crippen LogP contribution is -2.51. The normalized spacial score (nSPS) is 37.0. The number of hydrogen-bond donors (Lipinski definition) is 1. The third-order valence-electron chi connectivity index (χ3n) is 5.66. The van der Waals surface area contributed by atoms with Crippen LogP contribution in [0.25, 0.3) is 0 Å². The number of thiophene rings is 1. The van der Waals surface area contributed by atoms with Gasteiger partial charge in [-0.25, -0.2) is 0 Å². The summed E-state index contributed by atoms with van der Waals surface area (Å²) < 4.78 is 1.95. The van der Waals surface area contributed by atoms with E-state index in [0.717, 1.165) is 37.4 Å². The van der Waals surface area contributed by atoms with Crippen molar-refractivity contribution in [3.05, 3.63) is 19.2 Å². The summed E-state index contributed by atoms with van der Waals surface area (Å²) >= 11 is 8.41. The van der Waals surface area contributed by atoms with Gasteiger partial charge in [0.15, 0.2) is 0 Å². The van der Waals surface area contributed by atoms with Gasteiger partial charge < -0.3 is 5.32 Å². The fourth-order valence-electron chi connectivity index (χ4n) is 5.32. The maximum atomic E-state index is 12.4. The molecule has 1 aromatic heterocycles. The van der Waals surface area contributed by atoms with E-state index in [1.807, 2.05) is 6.07 Å². The number of carbonyl (C=O) groups is 1. The second-order valence-electron chi connectivity index (χ2n) is 7.33. The molecule has 21 heavy (non-hydrogen) atoms. The van der Waals surface area contributed by atoms with Crippen molar-refractivity contribution in [1.82, 2.24) is 5.32 Å². The highest BCUT2D eigenvalue weighted by molar-refractivity contribution is 9.13. The molecular formula is C16H19Br2NOS. The number of nitrogens with one attached hydrogen (secondary N) is 1. The van der Waals surface area contributed by atoms with Crippen LogP contribution in [0.2, 0.25) is 0 Å². The maximum absolute atomic E-state index is 12.4. The Kier molecular flexibility index (Phi) is 3.74. The smallest absolute Gasteiger partial charge is 0.261 e. The molecular weight excluding hydrogens is 414 g/mol. The van der Waals surface area contributed by atoms with Crippen molar-refractivity contribution < 1.29 is 4.79 Å². The summed E-state index contributed by atoms with van der Waals surface area (Å²) in [6, 6.07) is 1.91. The molecule has 0 unspecified atom stereocenters. The van der Waals surface area contributed by atoms with Crippen molar-refractivity contribution in [3.8, 4) is 0 Å². The SMILES string of the molecule is O=C(NCC12CC3CC(CC(C3)C1)C2)c1cc(Br)c(Br)s1. The minimum atomic E-state index is 0.0853. The molecule has 0 aromatic carbocycles. The van der Waals surface area contributed by atoms with Crippen molar-refractivity contribution in [2.45, 2.75) is 38.5 Å². The molecule has 0 spiro atoms. The predicted molar refractivity (Wildman–Crippen MR) is 92.7 cm³/mol. The first-order valence-electron chi connectivity index (χ1n) is 7.76. The van der Waals surface area contributed by atoms with Gasteiger partial charge in [-0.15, -0.1) is 11.3 Å². The lowest BCUT2D eigenvalue weighted by atomic mass is 9.49. The highest BCUT2D eigenvalue weighted by atomic mass is 79.9. The Morgan fingerprint density at radius 3 is 2.24 bits per heavy atom. The molecule has 0 radical (unpaired) electrons. The minimum absolute atomic E-state index is 0.0853. The van der Waals surface area contributed by atoms with Gasteiger partial charge in [0, 0.05) is 11.0 Å². The van der Waals surface area contributed by atoms with Gasteiger partial charge in [0.1, 0.15) is 0 Å². The van der Waals surface area contributed by atoms with Gasteiger partial charge in [0.05, 0.1) is 8.66 Å². The summed E-state index contributed by atoms with van der Waals surface area (Å²) in [6.07, 6.45) is 8.40. The molecule has 4 saturated carbocycles. The van der Waals surface area contributed by atoms with Gasteiger partial charge in [-0.2, -0.15) is 0 Å². The van der Waals surface area contributed by atoms with Gasteiger partial charge in [-0.3, -0.25) is 4.79 Å². The standard InChI is InChI=1S/C16H19Br2NOS/c17-12-4-13(21-14(12)18)15(20)19-8-16-5-9-1-10(6-16)3-11(2-9)7-16/h4,9-11H,1-3,5-8H2,(H,19,20). The molecule has 0 saturated heterocycles. The molecule has 114 valence electrons. The van der Waals surface area contributed by atoms with E-state index >= 15 is 0 Å². The Morgan fingerprint density at radius 2 is 1.76 bits per heavy atom. The largest absolute Gasteiger partial charge is 0.351 e. The zero-order valence-corrected chi connectivity index (χ0v) is 15.8.